The van der Waals surface area contributed by atoms with E-state index in [9.17, 15) is 9.90 Å². The number of anilines is 1. The van der Waals surface area contributed by atoms with E-state index in [1.807, 2.05) is 38.1 Å². The SMILES string of the molecule is CCOc1ccc(C=NNC(=O)C(C)Nc2ccccc2C)cc1O. The molecule has 0 aromatic heterocycles. The Bertz CT molecular complexity index is 759. The molecule has 6 heteroatoms. The molecule has 0 spiro atoms. The van der Waals surface area contributed by atoms with E-state index >= 15 is 0 Å². The number of nitrogens with zero attached hydrogens (tertiary/aromatic N) is 1. The van der Waals surface area contributed by atoms with Crippen molar-refractivity contribution >= 4 is 17.8 Å². The van der Waals surface area contributed by atoms with Gasteiger partial charge in [-0.25, -0.2) is 5.43 Å². The van der Waals surface area contributed by atoms with Crippen LogP contribution in [0, 0.1) is 6.92 Å². The van der Waals surface area contributed by atoms with Crippen molar-refractivity contribution in [2.75, 3.05) is 11.9 Å². The highest BCUT2D eigenvalue weighted by molar-refractivity contribution is 5.86. The lowest BCUT2D eigenvalue weighted by molar-refractivity contribution is -0.121. The molecule has 0 fully saturated rings. The van der Waals surface area contributed by atoms with Gasteiger partial charge in [0.1, 0.15) is 6.04 Å². The van der Waals surface area contributed by atoms with Crippen LogP contribution in [0.25, 0.3) is 0 Å². The minimum absolute atomic E-state index is 0.0340. The maximum Gasteiger partial charge on any atom is 0.262 e. The third-order valence-electron chi connectivity index (χ3n) is 3.58. The van der Waals surface area contributed by atoms with Crippen LogP contribution in [0.5, 0.6) is 11.5 Å². The van der Waals surface area contributed by atoms with Crippen molar-refractivity contribution in [1.82, 2.24) is 5.43 Å². The normalized spacial score (nSPS) is 12.0. The number of hydrazone groups is 1. The first-order valence-corrected chi connectivity index (χ1v) is 8.12. The van der Waals surface area contributed by atoms with E-state index in [2.05, 4.69) is 15.8 Å². The van der Waals surface area contributed by atoms with Crippen LogP contribution >= 0.6 is 0 Å². The second-order valence-corrected chi connectivity index (χ2v) is 5.58. The summed E-state index contributed by atoms with van der Waals surface area (Å²) in [5.74, 6) is 0.195. The molecule has 132 valence electrons. The van der Waals surface area contributed by atoms with Crippen LogP contribution in [-0.2, 0) is 4.79 Å². The number of aryl methyl sites for hydroxylation is 1. The van der Waals surface area contributed by atoms with Gasteiger partial charge in [0.25, 0.3) is 5.91 Å². The Hall–Kier alpha value is -3.02. The second kappa shape index (κ2) is 8.73. The maximum atomic E-state index is 12.1. The van der Waals surface area contributed by atoms with E-state index < -0.39 is 6.04 Å². The van der Waals surface area contributed by atoms with Crippen LogP contribution in [0.1, 0.15) is 25.0 Å². The number of phenolic OH excluding ortho intramolecular Hbond substituents is 1. The molecule has 0 heterocycles. The zero-order chi connectivity index (χ0) is 18.2. The Morgan fingerprint density at radius 1 is 1.32 bits per heavy atom. The number of benzene rings is 2. The molecular weight excluding hydrogens is 318 g/mol. The van der Waals surface area contributed by atoms with Crippen molar-refractivity contribution in [1.29, 1.82) is 0 Å². The number of carbonyl (C=O) groups is 1. The van der Waals surface area contributed by atoms with Crippen molar-refractivity contribution in [3.05, 3.63) is 53.6 Å². The number of carbonyl (C=O) groups excluding carboxylic acids is 1. The van der Waals surface area contributed by atoms with Crippen LogP contribution in [0.3, 0.4) is 0 Å². The first-order valence-electron chi connectivity index (χ1n) is 8.12. The smallest absolute Gasteiger partial charge is 0.262 e. The maximum absolute atomic E-state index is 12.1. The number of nitrogens with one attached hydrogen (secondary N) is 2. The summed E-state index contributed by atoms with van der Waals surface area (Å²) < 4.78 is 5.26. The van der Waals surface area contributed by atoms with Gasteiger partial charge in [0, 0.05) is 5.69 Å². The molecule has 0 saturated carbocycles. The van der Waals surface area contributed by atoms with Gasteiger partial charge in [0.2, 0.25) is 0 Å². The van der Waals surface area contributed by atoms with Gasteiger partial charge < -0.3 is 15.2 Å². The molecule has 0 aliphatic heterocycles. The third-order valence-corrected chi connectivity index (χ3v) is 3.58. The number of amides is 1. The molecule has 0 aliphatic carbocycles. The topological polar surface area (TPSA) is 83.0 Å². The van der Waals surface area contributed by atoms with Crippen LogP contribution in [-0.4, -0.2) is 29.9 Å². The van der Waals surface area contributed by atoms with Crippen LogP contribution < -0.4 is 15.5 Å². The zero-order valence-corrected chi connectivity index (χ0v) is 14.6. The molecule has 0 saturated heterocycles. The largest absolute Gasteiger partial charge is 0.504 e. The summed E-state index contributed by atoms with van der Waals surface area (Å²) >= 11 is 0. The highest BCUT2D eigenvalue weighted by atomic mass is 16.5. The second-order valence-electron chi connectivity index (χ2n) is 5.58. The Kier molecular flexibility index (Phi) is 6.39. The molecule has 2 aromatic carbocycles. The van der Waals surface area contributed by atoms with Crippen molar-refractivity contribution in [2.45, 2.75) is 26.8 Å². The van der Waals surface area contributed by atoms with E-state index in [4.69, 9.17) is 4.74 Å². The summed E-state index contributed by atoms with van der Waals surface area (Å²) in [5.41, 5.74) is 5.11. The number of para-hydroxylation sites is 1. The molecule has 0 aliphatic rings. The fraction of sp³-hybridized carbons (Fsp3) is 0.263. The van der Waals surface area contributed by atoms with Crippen molar-refractivity contribution in [3.63, 3.8) is 0 Å². The monoisotopic (exact) mass is 341 g/mol. The molecule has 6 nitrogen and oxygen atoms in total. The highest BCUT2D eigenvalue weighted by Gasteiger charge is 2.12. The van der Waals surface area contributed by atoms with Crippen LogP contribution in [0.4, 0.5) is 5.69 Å². The fourth-order valence-corrected chi connectivity index (χ4v) is 2.19. The van der Waals surface area contributed by atoms with Gasteiger partial charge in [-0.1, -0.05) is 18.2 Å². The lowest BCUT2D eigenvalue weighted by Gasteiger charge is -2.15. The van der Waals surface area contributed by atoms with Gasteiger partial charge in [-0.05, 0) is 56.2 Å². The first-order chi connectivity index (χ1) is 12.0. The number of hydrogen-bond acceptors (Lipinski definition) is 5. The van der Waals surface area contributed by atoms with Crippen LogP contribution in [0.15, 0.2) is 47.6 Å². The van der Waals surface area contributed by atoms with Gasteiger partial charge >= 0.3 is 0 Å². The number of hydrogen-bond donors (Lipinski definition) is 3. The molecule has 1 amide bonds. The van der Waals surface area contributed by atoms with E-state index in [0.717, 1.165) is 11.3 Å². The Morgan fingerprint density at radius 3 is 2.76 bits per heavy atom. The van der Waals surface area contributed by atoms with Gasteiger partial charge in [-0.15, -0.1) is 0 Å². The first kappa shape index (κ1) is 18.3. The average Bonchev–Trinajstić information content (AvgIpc) is 2.59. The predicted molar refractivity (Wildman–Crippen MR) is 99.3 cm³/mol. The van der Waals surface area contributed by atoms with Crippen LogP contribution in [0.2, 0.25) is 0 Å². The van der Waals surface area contributed by atoms with Crippen molar-refractivity contribution in [3.8, 4) is 11.5 Å². The molecule has 1 atom stereocenters. The number of rotatable bonds is 7. The third kappa shape index (κ3) is 5.24. The quantitative estimate of drug-likeness (QED) is 0.534. The molecule has 3 N–H and O–H groups in total. The number of aromatic hydroxyl groups is 1. The molecule has 2 rings (SSSR count). The van der Waals surface area contributed by atoms with Gasteiger partial charge in [-0.2, -0.15) is 5.10 Å². The Balaban J connectivity index is 1.91. The number of phenols is 1. The molecular formula is C19H23N3O3. The summed E-state index contributed by atoms with van der Waals surface area (Å²) in [6, 6.07) is 12.2. The van der Waals surface area contributed by atoms with E-state index in [-0.39, 0.29) is 11.7 Å². The van der Waals surface area contributed by atoms with Gasteiger partial charge in [0.05, 0.1) is 12.8 Å². The van der Waals surface area contributed by atoms with Gasteiger partial charge in [-0.3, -0.25) is 4.79 Å². The summed E-state index contributed by atoms with van der Waals surface area (Å²) in [6.45, 7) is 6.06. The molecule has 0 bridgehead atoms. The number of ether oxygens (including phenoxy) is 1. The van der Waals surface area contributed by atoms with E-state index in [1.54, 1.807) is 19.1 Å². The average molecular weight is 341 g/mol. The zero-order valence-electron chi connectivity index (χ0n) is 14.6. The summed E-state index contributed by atoms with van der Waals surface area (Å²) in [7, 11) is 0. The summed E-state index contributed by atoms with van der Waals surface area (Å²) in [4.78, 5) is 12.1. The molecule has 2 aromatic rings. The lowest BCUT2D eigenvalue weighted by atomic mass is 10.2. The van der Waals surface area contributed by atoms with Crippen molar-refractivity contribution in [2.24, 2.45) is 5.10 Å². The minimum Gasteiger partial charge on any atom is -0.504 e. The van der Waals surface area contributed by atoms with Crippen molar-refractivity contribution < 1.29 is 14.6 Å². The summed E-state index contributed by atoms with van der Waals surface area (Å²) in [5, 5.41) is 16.9. The molecule has 0 radical (unpaired) electrons. The Morgan fingerprint density at radius 2 is 2.08 bits per heavy atom. The summed E-state index contributed by atoms with van der Waals surface area (Å²) in [6.07, 6.45) is 1.47. The standard InChI is InChI=1S/C19H23N3O3/c1-4-25-18-10-9-15(11-17(18)23)12-20-22-19(24)14(3)21-16-8-6-5-7-13(16)2/h5-12,14,21,23H,4H2,1-3H3,(H,22,24). The van der Waals surface area contributed by atoms with Gasteiger partial charge in [0.15, 0.2) is 11.5 Å². The van der Waals surface area contributed by atoms with E-state index in [1.165, 1.54) is 12.3 Å². The van der Waals surface area contributed by atoms with E-state index in [0.29, 0.717) is 17.9 Å². The predicted octanol–water partition coefficient (Wildman–Crippen LogP) is 3.05. The lowest BCUT2D eigenvalue weighted by Crippen LogP contribution is -2.35. The Labute approximate surface area is 147 Å². The molecule has 25 heavy (non-hydrogen) atoms. The molecule has 1 unspecified atom stereocenters. The highest BCUT2D eigenvalue weighted by Crippen LogP contribution is 2.26. The minimum atomic E-state index is -0.438. The fourth-order valence-electron chi connectivity index (χ4n) is 2.19.